The Balaban J connectivity index is 1.53. The van der Waals surface area contributed by atoms with Crippen LogP contribution in [0.4, 0.5) is 18.9 Å². The first-order chi connectivity index (χ1) is 17.5. The number of sulfonamides is 1. The minimum Gasteiger partial charge on any atom is -0.493 e. The van der Waals surface area contributed by atoms with Crippen LogP contribution in [0.25, 0.3) is 0 Å². The molecule has 0 radical (unpaired) electrons. The predicted molar refractivity (Wildman–Crippen MR) is 130 cm³/mol. The first-order valence-electron chi connectivity index (χ1n) is 10.9. The molecule has 0 saturated heterocycles. The van der Waals surface area contributed by atoms with E-state index >= 15 is 0 Å². The Kier molecular flexibility index (Phi) is 9.00. The maximum Gasteiger partial charge on any atom is 0.418 e. The van der Waals surface area contributed by atoms with Crippen LogP contribution in [0.2, 0.25) is 0 Å². The van der Waals surface area contributed by atoms with Crippen molar-refractivity contribution >= 4 is 21.6 Å². The molecule has 198 valence electrons. The third kappa shape index (κ3) is 7.61. The number of anilines is 1. The zero-order valence-corrected chi connectivity index (χ0v) is 20.8. The van der Waals surface area contributed by atoms with Gasteiger partial charge >= 0.3 is 6.18 Å². The van der Waals surface area contributed by atoms with E-state index in [2.05, 4.69) is 10.0 Å². The van der Waals surface area contributed by atoms with E-state index in [4.69, 9.17) is 14.2 Å². The molecule has 0 aliphatic carbocycles. The number of carbonyl (C=O) groups excluding carboxylic acids is 1. The zero-order valence-electron chi connectivity index (χ0n) is 20.0. The van der Waals surface area contributed by atoms with Gasteiger partial charge in [-0.1, -0.05) is 18.2 Å². The second-order valence-electron chi connectivity index (χ2n) is 7.69. The van der Waals surface area contributed by atoms with Gasteiger partial charge in [-0.05, 0) is 60.5 Å². The fourth-order valence-corrected chi connectivity index (χ4v) is 4.37. The van der Waals surface area contributed by atoms with Crippen molar-refractivity contribution < 1.29 is 40.6 Å². The van der Waals surface area contributed by atoms with Crippen LogP contribution in [0, 0.1) is 0 Å². The van der Waals surface area contributed by atoms with Crippen molar-refractivity contribution in [2.45, 2.75) is 17.5 Å². The van der Waals surface area contributed by atoms with E-state index in [1.165, 1.54) is 50.6 Å². The molecule has 1 amide bonds. The number of para-hydroxylation sites is 1. The highest BCUT2D eigenvalue weighted by atomic mass is 32.2. The number of methoxy groups -OCH3 is 2. The molecule has 0 heterocycles. The maximum atomic E-state index is 13.1. The average molecular weight is 539 g/mol. The summed E-state index contributed by atoms with van der Waals surface area (Å²) in [6, 6.07) is 15.2. The number of nitrogens with one attached hydrogen (secondary N) is 2. The SMILES string of the molecule is COc1ccc(CCNS(=O)(=O)c2ccc(OCC(=O)Nc3ccccc3C(F)(F)F)cc2)cc1OC. The number of carbonyl (C=O) groups is 1. The van der Waals surface area contributed by atoms with Crippen LogP contribution in [0.3, 0.4) is 0 Å². The largest absolute Gasteiger partial charge is 0.493 e. The molecule has 0 aliphatic heterocycles. The summed E-state index contributed by atoms with van der Waals surface area (Å²) in [4.78, 5) is 12.1. The number of halogens is 3. The van der Waals surface area contributed by atoms with Crippen molar-refractivity contribution in [3.8, 4) is 17.2 Å². The van der Waals surface area contributed by atoms with Crippen molar-refractivity contribution in [2.24, 2.45) is 0 Å². The van der Waals surface area contributed by atoms with Gasteiger partial charge in [-0.15, -0.1) is 0 Å². The Bertz CT molecular complexity index is 1330. The van der Waals surface area contributed by atoms with Gasteiger partial charge < -0.3 is 19.5 Å². The third-order valence-corrected chi connectivity index (χ3v) is 6.64. The number of amides is 1. The van der Waals surface area contributed by atoms with Crippen molar-refractivity contribution in [2.75, 3.05) is 32.7 Å². The van der Waals surface area contributed by atoms with E-state index < -0.39 is 34.3 Å². The van der Waals surface area contributed by atoms with Crippen molar-refractivity contribution in [1.82, 2.24) is 4.72 Å². The molecule has 3 aromatic carbocycles. The van der Waals surface area contributed by atoms with E-state index in [0.29, 0.717) is 17.9 Å². The molecule has 2 N–H and O–H groups in total. The molecule has 3 rings (SSSR count). The van der Waals surface area contributed by atoms with Crippen LogP contribution < -0.4 is 24.2 Å². The molecule has 0 aromatic heterocycles. The smallest absolute Gasteiger partial charge is 0.418 e. The van der Waals surface area contributed by atoms with Crippen LogP contribution in [-0.4, -0.2) is 41.7 Å². The Hall–Kier alpha value is -3.77. The number of alkyl halides is 3. The van der Waals surface area contributed by atoms with Gasteiger partial charge in [0.1, 0.15) is 5.75 Å². The van der Waals surface area contributed by atoms with Crippen molar-refractivity contribution in [3.63, 3.8) is 0 Å². The highest BCUT2D eigenvalue weighted by Crippen LogP contribution is 2.34. The fourth-order valence-electron chi connectivity index (χ4n) is 3.34. The Morgan fingerprint density at radius 3 is 2.24 bits per heavy atom. The van der Waals surface area contributed by atoms with Crippen molar-refractivity contribution in [3.05, 3.63) is 77.9 Å². The molecule has 37 heavy (non-hydrogen) atoms. The van der Waals surface area contributed by atoms with Gasteiger partial charge in [0.05, 0.1) is 30.4 Å². The lowest BCUT2D eigenvalue weighted by atomic mass is 10.1. The number of rotatable bonds is 11. The van der Waals surface area contributed by atoms with E-state index in [1.807, 2.05) is 0 Å². The second kappa shape index (κ2) is 12.0. The summed E-state index contributed by atoms with van der Waals surface area (Å²) in [5, 5.41) is 2.17. The molecule has 0 fully saturated rings. The quantitative estimate of drug-likeness (QED) is 0.378. The molecule has 0 unspecified atom stereocenters. The lowest BCUT2D eigenvalue weighted by Crippen LogP contribution is -2.26. The second-order valence-corrected chi connectivity index (χ2v) is 9.46. The van der Waals surface area contributed by atoms with Crippen LogP contribution in [0.1, 0.15) is 11.1 Å². The number of hydrogen-bond acceptors (Lipinski definition) is 6. The number of hydrogen-bond donors (Lipinski definition) is 2. The first kappa shape index (κ1) is 27.8. The van der Waals surface area contributed by atoms with Crippen LogP contribution >= 0.6 is 0 Å². The van der Waals surface area contributed by atoms with E-state index in [1.54, 1.807) is 18.2 Å². The highest BCUT2D eigenvalue weighted by Gasteiger charge is 2.33. The van der Waals surface area contributed by atoms with E-state index in [-0.39, 0.29) is 22.9 Å². The molecule has 0 saturated carbocycles. The average Bonchev–Trinajstić information content (AvgIpc) is 2.87. The minimum atomic E-state index is -4.62. The fraction of sp³-hybridized carbons (Fsp3) is 0.240. The van der Waals surface area contributed by atoms with E-state index in [9.17, 15) is 26.4 Å². The van der Waals surface area contributed by atoms with Crippen molar-refractivity contribution in [1.29, 1.82) is 0 Å². The molecular weight excluding hydrogens is 513 g/mol. The highest BCUT2D eigenvalue weighted by molar-refractivity contribution is 7.89. The van der Waals surface area contributed by atoms with Gasteiger partial charge in [0.25, 0.3) is 5.91 Å². The summed E-state index contributed by atoms with van der Waals surface area (Å²) in [6.45, 7) is -0.433. The van der Waals surface area contributed by atoms with Gasteiger partial charge in [-0.2, -0.15) is 13.2 Å². The number of ether oxygens (including phenoxy) is 3. The zero-order chi connectivity index (χ0) is 27.1. The van der Waals surface area contributed by atoms with E-state index in [0.717, 1.165) is 17.7 Å². The lowest BCUT2D eigenvalue weighted by molar-refractivity contribution is -0.137. The third-order valence-electron chi connectivity index (χ3n) is 5.16. The minimum absolute atomic E-state index is 0.0179. The summed E-state index contributed by atoms with van der Waals surface area (Å²) in [5.74, 6) is 0.475. The maximum absolute atomic E-state index is 13.1. The predicted octanol–water partition coefficient (Wildman–Crippen LogP) is 4.26. The summed E-state index contributed by atoms with van der Waals surface area (Å²) in [7, 11) is -0.780. The normalized spacial score (nSPS) is 11.6. The van der Waals surface area contributed by atoms with Gasteiger partial charge in [0.2, 0.25) is 10.0 Å². The lowest BCUT2D eigenvalue weighted by Gasteiger charge is -2.14. The molecule has 0 aliphatic rings. The molecule has 12 heteroatoms. The Morgan fingerprint density at radius 2 is 1.59 bits per heavy atom. The summed E-state index contributed by atoms with van der Waals surface area (Å²) in [6.07, 6.45) is -4.21. The topological polar surface area (TPSA) is 103 Å². The van der Waals surface area contributed by atoms with Gasteiger partial charge in [0, 0.05) is 6.54 Å². The molecule has 3 aromatic rings. The molecule has 0 spiro atoms. The van der Waals surface area contributed by atoms with Crippen LogP contribution in [-0.2, 0) is 27.4 Å². The Labute approximate surface area is 212 Å². The monoisotopic (exact) mass is 538 g/mol. The molecule has 0 atom stereocenters. The van der Waals surface area contributed by atoms with Gasteiger partial charge in [-0.3, -0.25) is 4.79 Å². The molecule has 8 nitrogen and oxygen atoms in total. The van der Waals surface area contributed by atoms with Gasteiger partial charge in [0.15, 0.2) is 18.1 Å². The number of benzene rings is 3. The van der Waals surface area contributed by atoms with Crippen LogP contribution in [0.15, 0.2) is 71.6 Å². The van der Waals surface area contributed by atoms with Crippen LogP contribution in [0.5, 0.6) is 17.2 Å². The molecular formula is C25H25F3N2O6S. The first-order valence-corrected chi connectivity index (χ1v) is 12.4. The Morgan fingerprint density at radius 1 is 0.919 bits per heavy atom. The summed E-state index contributed by atoms with van der Waals surface area (Å²) in [5.41, 5.74) is -0.513. The standard InChI is InChI=1S/C25H25F3N2O6S/c1-34-22-12-7-17(15-23(22)35-2)13-14-29-37(32,33)19-10-8-18(9-11-19)36-16-24(31)30-21-6-4-3-5-20(21)25(26,27)28/h3-12,15,29H,13-14,16H2,1-2H3,(H,30,31). The summed E-state index contributed by atoms with van der Waals surface area (Å²) < 4.78 is 82.6. The molecule has 0 bridgehead atoms. The summed E-state index contributed by atoms with van der Waals surface area (Å²) >= 11 is 0. The van der Waals surface area contributed by atoms with Gasteiger partial charge in [-0.25, -0.2) is 13.1 Å².